The molecule has 0 saturated heterocycles. The molecule has 7 rings (SSSR count). The molecule has 1 aliphatic carbocycles. The van der Waals surface area contributed by atoms with Crippen molar-refractivity contribution < 1.29 is 10.2 Å². The van der Waals surface area contributed by atoms with Gasteiger partial charge in [0.2, 0.25) is 0 Å². The highest BCUT2D eigenvalue weighted by Crippen LogP contribution is 2.60. The molecule has 0 radical (unpaired) electrons. The van der Waals surface area contributed by atoms with Crippen molar-refractivity contribution >= 4 is 0 Å². The SMILES string of the molecule is CC(C)(C)c1cc(C2(c3cc(C(C)(C)C)c(O)c(C(C)(C)C)c3)c3cc(-c4ccccc4)ccc3-c3ccc(-c4ccccc4)cc32)cc(C(C)(C)C)c1O. The lowest BCUT2D eigenvalue weighted by Gasteiger charge is -2.39. The molecule has 0 atom stereocenters. The van der Waals surface area contributed by atoms with Crippen LogP contribution in [0.4, 0.5) is 0 Å². The summed E-state index contributed by atoms with van der Waals surface area (Å²) < 4.78 is 0. The molecule has 0 spiro atoms. The van der Waals surface area contributed by atoms with Crippen LogP contribution in [0, 0.1) is 0 Å². The molecular formula is C53H58O2. The maximum atomic E-state index is 12.2. The summed E-state index contributed by atoms with van der Waals surface area (Å²) >= 11 is 0. The first-order valence-corrected chi connectivity index (χ1v) is 19.8. The second-order valence-corrected chi connectivity index (χ2v) is 19.8. The molecule has 0 heterocycles. The molecule has 2 N–H and O–H groups in total. The summed E-state index contributed by atoms with van der Waals surface area (Å²) in [6, 6.07) is 44.4. The van der Waals surface area contributed by atoms with Crippen LogP contribution >= 0.6 is 0 Å². The number of fused-ring (bicyclic) bond motifs is 3. The fourth-order valence-electron chi connectivity index (χ4n) is 8.72. The minimum absolute atomic E-state index is 0.342. The molecule has 0 bridgehead atoms. The van der Waals surface area contributed by atoms with E-state index in [2.05, 4.69) is 204 Å². The summed E-state index contributed by atoms with van der Waals surface area (Å²) in [5.41, 5.74) is 13.1. The van der Waals surface area contributed by atoms with Crippen LogP contribution in [0.3, 0.4) is 0 Å². The van der Waals surface area contributed by atoms with Crippen LogP contribution in [0.5, 0.6) is 11.5 Å². The van der Waals surface area contributed by atoms with Crippen molar-refractivity contribution in [3.63, 3.8) is 0 Å². The highest BCUT2D eigenvalue weighted by Gasteiger charge is 2.49. The monoisotopic (exact) mass is 726 g/mol. The number of benzene rings is 6. The molecule has 6 aromatic carbocycles. The minimum Gasteiger partial charge on any atom is -0.507 e. The van der Waals surface area contributed by atoms with Gasteiger partial charge in [0.1, 0.15) is 11.5 Å². The van der Waals surface area contributed by atoms with Crippen LogP contribution in [0.15, 0.2) is 121 Å². The van der Waals surface area contributed by atoms with Crippen molar-refractivity contribution in [2.45, 2.75) is 110 Å². The van der Waals surface area contributed by atoms with Gasteiger partial charge in [-0.15, -0.1) is 0 Å². The Balaban J connectivity index is 1.76. The van der Waals surface area contributed by atoms with Crippen LogP contribution in [-0.2, 0) is 27.1 Å². The fraction of sp³-hybridized carbons (Fsp3) is 0.321. The van der Waals surface area contributed by atoms with E-state index in [-0.39, 0.29) is 21.7 Å². The maximum absolute atomic E-state index is 12.2. The van der Waals surface area contributed by atoms with Crippen molar-refractivity contribution in [1.82, 2.24) is 0 Å². The van der Waals surface area contributed by atoms with E-state index in [1.807, 2.05) is 0 Å². The van der Waals surface area contributed by atoms with Crippen LogP contribution < -0.4 is 0 Å². The van der Waals surface area contributed by atoms with Gasteiger partial charge in [0.25, 0.3) is 0 Å². The second-order valence-electron chi connectivity index (χ2n) is 19.8. The number of phenolic OH excluding ortho intramolecular Hbond substituents is 2. The Morgan fingerprint density at radius 2 is 0.636 bits per heavy atom. The Morgan fingerprint density at radius 1 is 0.345 bits per heavy atom. The van der Waals surface area contributed by atoms with Crippen LogP contribution in [0.1, 0.15) is 128 Å². The summed E-state index contributed by atoms with van der Waals surface area (Å²) in [4.78, 5) is 0. The number of aromatic hydroxyl groups is 2. The molecule has 2 heteroatoms. The molecule has 1 aliphatic rings. The molecule has 0 fully saturated rings. The molecular weight excluding hydrogens is 669 g/mol. The van der Waals surface area contributed by atoms with Gasteiger partial charge in [-0.3, -0.25) is 0 Å². The van der Waals surface area contributed by atoms with Crippen molar-refractivity contribution in [3.05, 3.63) is 166 Å². The van der Waals surface area contributed by atoms with E-state index in [1.165, 1.54) is 22.3 Å². The summed E-state index contributed by atoms with van der Waals surface area (Å²) in [5.74, 6) is 0.731. The largest absolute Gasteiger partial charge is 0.507 e. The average molecular weight is 727 g/mol. The van der Waals surface area contributed by atoms with E-state index in [0.717, 1.165) is 55.6 Å². The summed E-state index contributed by atoms with van der Waals surface area (Å²) in [5, 5.41) is 24.3. The normalized spacial score (nSPS) is 14.1. The van der Waals surface area contributed by atoms with Gasteiger partial charge in [-0.25, -0.2) is 0 Å². The number of hydrogen-bond donors (Lipinski definition) is 2. The van der Waals surface area contributed by atoms with Crippen molar-refractivity contribution in [1.29, 1.82) is 0 Å². The Labute approximate surface area is 330 Å². The third-order valence-electron chi connectivity index (χ3n) is 11.7. The third kappa shape index (κ3) is 6.48. The summed E-state index contributed by atoms with van der Waals surface area (Å²) in [7, 11) is 0. The third-order valence-corrected chi connectivity index (χ3v) is 11.7. The lowest BCUT2D eigenvalue weighted by atomic mass is 9.63. The van der Waals surface area contributed by atoms with Crippen LogP contribution in [-0.4, -0.2) is 10.2 Å². The molecule has 2 nitrogen and oxygen atoms in total. The molecule has 0 saturated carbocycles. The Kier molecular flexibility index (Phi) is 9.04. The predicted molar refractivity (Wildman–Crippen MR) is 233 cm³/mol. The Morgan fingerprint density at radius 3 is 0.909 bits per heavy atom. The number of hydrogen-bond acceptors (Lipinski definition) is 2. The standard InChI is InChI=1S/C53H58O2/c1-49(2,3)43-29-37(30-44(47(43)54)50(4,5)6)53(38-31-45(51(7,8)9)48(55)46(32-38)52(10,11)12)41-27-35(33-19-15-13-16-20-33)23-25-39(41)40-26-24-36(28-42(40)53)34-21-17-14-18-22-34/h13-32,54-55H,1-12H3. The summed E-state index contributed by atoms with van der Waals surface area (Å²) in [6.07, 6.45) is 0. The average Bonchev–Trinajstić information content (AvgIpc) is 3.40. The molecule has 282 valence electrons. The molecule has 0 amide bonds. The van der Waals surface area contributed by atoms with Gasteiger partial charge < -0.3 is 10.2 Å². The smallest absolute Gasteiger partial charge is 0.123 e. The van der Waals surface area contributed by atoms with E-state index < -0.39 is 5.41 Å². The highest BCUT2D eigenvalue weighted by molar-refractivity contribution is 5.90. The van der Waals surface area contributed by atoms with Crippen molar-refractivity contribution in [3.8, 4) is 44.9 Å². The topological polar surface area (TPSA) is 40.5 Å². The molecule has 6 aromatic rings. The van der Waals surface area contributed by atoms with Gasteiger partial charge in [0, 0.05) is 0 Å². The van der Waals surface area contributed by atoms with Gasteiger partial charge >= 0.3 is 0 Å². The first-order chi connectivity index (χ1) is 25.6. The van der Waals surface area contributed by atoms with E-state index in [4.69, 9.17) is 0 Å². The molecule has 0 unspecified atom stereocenters. The quantitative estimate of drug-likeness (QED) is 0.190. The minimum atomic E-state index is -0.818. The molecule has 0 aromatic heterocycles. The zero-order valence-electron chi connectivity index (χ0n) is 34.9. The molecule has 0 aliphatic heterocycles. The number of phenols is 2. The van der Waals surface area contributed by atoms with Gasteiger partial charge in [-0.1, -0.05) is 168 Å². The lowest BCUT2D eigenvalue weighted by Crippen LogP contribution is -2.32. The van der Waals surface area contributed by atoms with Crippen molar-refractivity contribution in [2.24, 2.45) is 0 Å². The number of rotatable bonds is 4. The van der Waals surface area contributed by atoms with Crippen LogP contribution in [0.25, 0.3) is 33.4 Å². The fourth-order valence-corrected chi connectivity index (χ4v) is 8.72. The zero-order chi connectivity index (χ0) is 39.9. The van der Waals surface area contributed by atoms with Gasteiger partial charge in [0.15, 0.2) is 0 Å². The Bertz CT molecular complexity index is 2160. The van der Waals surface area contributed by atoms with E-state index >= 15 is 0 Å². The van der Waals surface area contributed by atoms with Gasteiger partial charge in [-0.2, -0.15) is 0 Å². The van der Waals surface area contributed by atoms with E-state index in [9.17, 15) is 10.2 Å². The first-order valence-electron chi connectivity index (χ1n) is 19.8. The maximum Gasteiger partial charge on any atom is 0.123 e. The van der Waals surface area contributed by atoms with Crippen molar-refractivity contribution in [2.75, 3.05) is 0 Å². The van der Waals surface area contributed by atoms with Gasteiger partial charge in [0.05, 0.1) is 5.41 Å². The Hall–Kier alpha value is -5.08. The van der Waals surface area contributed by atoms with E-state index in [1.54, 1.807) is 0 Å². The zero-order valence-corrected chi connectivity index (χ0v) is 34.9. The molecule has 55 heavy (non-hydrogen) atoms. The van der Waals surface area contributed by atoms with Crippen LogP contribution in [0.2, 0.25) is 0 Å². The predicted octanol–water partition coefficient (Wildman–Crippen LogP) is 14.0. The van der Waals surface area contributed by atoms with E-state index in [0.29, 0.717) is 11.5 Å². The highest BCUT2D eigenvalue weighted by atomic mass is 16.3. The first kappa shape index (κ1) is 38.2. The van der Waals surface area contributed by atoms with Gasteiger partial charge in [-0.05, 0) is 136 Å². The summed E-state index contributed by atoms with van der Waals surface area (Å²) in [6.45, 7) is 26.3. The lowest BCUT2D eigenvalue weighted by molar-refractivity contribution is 0.421. The second kappa shape index (κ2) is 13.0.